The van der Waals surface area contributed by atoms with E-state index in [-0.39, 0.29) is 22.1 Å². The summed E-state index contributed by atoms with van der Waals surface area (Å²) in [7, 11) is 0. The molecule has 3 rings (SSSR count). The molecule has 6 heteroatoms. The molecule has 0 spiro atoms. The first-order chi connectivity index (χ1) is 12.2. The zero-order valence-electron chi connectivity index (χ0n) is 15.9. The molecule has 1 aliphatic carbocycles. The molecule has 1 heterocycles. The lowest BCUT2D eigenvalue weighted by molar-refractivity contribution is 0.319. The lowest BCUT2D eigenvalue weighted by Gasteiger charge is -2.17. The quantitative estimate of drug-likeness (QED) is 0.775. The first-order valence-corrected chi connectivity index (χ1v) is 9.53. The van der Waals surface area contributed by atoms with Gasteiger partial charge in [-0.15, -0.1) is 0 Å². The standard InChI is InChI=1S/C20H28N2O4/c1-20(2,3)11-22-19(26)14(15-16(23)18(25)17(15)24)13(21-22)10-6-9-12-7-4-5-8-12/h12,21,23H,4-11H2,1-3H3. The van der Waals surface area contributed by atoms with Crippen LogP contribution in [-0.4, -0.2) is 14.9 Å². The van der Waals surface area contributed by atoms with Crippen LogP contribution >= 0.6 is 0 Å². The van der Waals surface area contributed by atoms with Gasteiger partial charge in [0.05, 0.1) is 11.1 Å². The van der Waals surface area contributed by atoms with Crippen molar-refractivity contribution in [1.29, 1.82) is 0 Å². The summed E-state index contributed by atoms with van der Waals surface area (Å²) >= 11 is 0. The van der Waals surface area contributed by atoms with Crippen LogP contribution in [0.5, 0.6) is 5.75 Å². The predicted octanol–water partition coefficient (Wildman–Crippen LogP) is 2.70. The number of hydrogen-bond donors (Lipinski definition) is 2. The summed E-state index contributed by atoms with van der Waals surface area (Å²) in [6.07, 6.45) is 7.79. The molecule has 1 saturated carbocycles. The Bertz CT molecular complexity index is 913. The molecular formula is C20H28N2O4. The molecule has 6 nitrogen and oxygen atoms in total. The molecule has 1 aromatic carbocycles. The number of aromatic hydroxyl groups is 1. The third-order valence-corrected chi connectivity index (χ3v) is 5.31. The highest BCUT2D eigenvalue weighted by Gasteiger charge is 2.29. The highest BCUT2D eigenvalue weighted by atomic mass is 16.3. The highest BCUT2D eigenvalue weighted by molar-refractivity contribution is 5.74. The summed E-state index contributed by atoms with van der Waals surface area (Å²) in [6, 6.07) is 0. The number of H-pyrrole nitrogens is 1. The highest BCUT2D eigenvalue weighted by Crippen LogP contribution is 2.30. The third kappa shape index (κ3) is 3.55. The van der Waals surface area contributed by atoms with Crippen LogP contribution in [0, 0.1) is 11.3 Å². The molecule has 2 aromatic rings. The van der Waals surface area contributed by atoms with Gasteiger partial charge in [-0.3, -0.25) is 24.2 Å². The van der Waals surface area contributed by atoms with Crippen molar-refractivity contribution >= 4 is 0 Å². The van der Waals surface area contributed by atoms with E-state index in [1.807, 2.05) is 20.8 Å². The average Bonchev–Trinajstić information content (AvgIpc) is 3.17. The van der Waals surface area contributed by atoms with Crippen molar-refractivity contribution in [2.24, 2.45) is 11.3 Å². The second-order valence-electron chi connectivity index (χ2n) is 8.84. The molecule has 0 aliphatic heterocycles. The second-order valence-corrected chi connectivity index (χ2v) is 8.84. The Morgan fingerprint density at radius 2 is 1.73 bits per heavy atom. The summed E-state index contributed by atoms with van der Waals surface area (Å²) in [5, 5.41) is 13.0. The van der Waals surface area contributed by atoms with Crippen LogP contribution in [0.25, 0.3) is 11.1 Å². The maximum Gasteiger partial charge on any atom is 0.274 e. The van der Waals surface area contributed by atoms with Crippen LogP contribution in [0.3, 0.4) is 0 Å². The molecule has 1 fully saturated rings. The van der Waals surface area contributed by atoms with Crippen molar-refractivity contribution in [2.45, 2.75) is 72.3 Å². The molecule has 2 N–H and O–H groups in total. The first-order valence-electron chi connectivity index (χ1n) is 9.53. The number of aryl methyl sites for hydroxylation is 1. The fourth-order valence-corrected chi connectivity index (χ4v) is 4.04. The molecule has 1 aliphatic rings. The lowest BCUT2D eigenvalue weighted by atomic mass is 9.95. The maximum atomic E-state index is 12.8. The lowest BCUT2D eigenvalue weighted by Crippen LogP contribution is -2.34. The maximum absolute atomic E-state index is 12.8. The summed E-state index contributed by atoms with van der Waals surface area (Å²) in [5.74, 6) is 0.174. The average molecular weight is 360 g/mol. The van der Waals surface area contributed by atoms with Crippen molar-refractivity contribution < 1.29 is 5.11 Å². The molecule has 1 aromatic heterocycles. The molecule has 0 bridgehead atoms. The first kappa shape index (κ1) is 18.7. The van der Waals surface area contributed by atoms with E-state index >= 15 is 0 Å². The van der Waals surface area contributed by atoms with Crippen molar-refractivity contribution in [1.82, 2.24) is 9.78 Å². The number of nitrogens with one attached hydrogen (secondary N) is 1. The largest absolute Gasteiger partial charge is 0.503 e. The summed E-state index contributed by atoms with van der Waals surface area (Å²) < 4.78 is 1.50. The van der Waals surface area contributed by atoms with Gasteiger partial charge in [0.25, 0.3) is 11.0 Å². The predicted molar refractivity (Wildman–Crippen MR) is 101 cm³/mol. The van der Waals surface area contributed by atoms with Crippen LogP contribution in [0.1, 0.15) is 65.0 Å². The van der Waals surface area contributed by atoms with E-state index in [0.29, 0.717) is 18.7 Å². The molecule has 0 atom stereocenters. The van der Waals surface area contributed by atoms with Gasteiger partial charge < -0.3 is 5.11 Å². The minimum atomic E-state index is -0.903. The van der Waals surface area contributed by atoms with Gasteiger partial charge in [-0.1, -0.05) is 52.9 Å². The number of hydrogen-bond acceptors (Lipinski definition) is 4. The molecule has 0 amide bonds. The van der Waals surface area contributed by atoms with Gasteiger partial charge in [0, 0.05) is 12.2 Å². The Morgan fingerprint density at radius 3 is 2.31 bits per heavy atom. The Morgan fingerprint density at radius 1 is 1.08 bits per heavy atom. The SMILES string of the molecule is CC(C)(C)Cn1[nH]c(CCCC2CCCC2)c(-c2c(O)c(=O)c2=O)c1=O. The molecule has 26 heavy (non-hydrogen) atoms. The van der Waals surface area contributed by atoms with Gasteiger partial charge in [-0.2, -0.15) is 0 Å². The zero-order chi connectivity index (χ0) is 19.1. The molecular weight excluding hydrogens is 332 g/mol. The van der Waals surface area contributed by atoms with E-state index in [9.17, 15) is 19.5 Å². The number of aromatic amines is 1. The van der Waals surface area contributed by atoms with Crippen LogP contribution in [0.2, 0.25) is 0 Å². The molecule has 0 unspecified atom stereocenters. The Kier molecular flexibility index (Phi) is 4.95. The molecule has 142 valence electrons. The monoisotopic (exact) mass is 360 g/mol. The number of aromatic nitrogens is 2. The van der Waals surface area contributed by atoms with Crippen molar-refractivity contribution in [3.63, 3.8) is 0 Å². The number of rotatable bonds is 6. The fraction of sp³-hybridized carbons (Fsp3) is 0.650. The topological polar surface area (TPSA) is 92.2 Å². The minimum Gasteiger partial charge on any atom is -0.503 e. The van der Waals surface area contributed by atoms with Gasteiger partial charge in [-0.25, -0.2) is 0 Å². The van der Waals surface area contributed by atoms with E-state index in [4.69, 9.17) is 0 Å². The van der Waals surface area contributed by atoms with E-state index in [0.717, 1.165) is 18.8 Å². The summed E-state index contributed by atoms with van der Waals surface area (Å²) in [5.41, 5.74) is -1.40. The smallest absolute Gasteiger partial charge is 0.274 e. The van der Waals surface area contributed by atoms with Crippen molar-refractivity contribution in [2.75, 3.05) is 0 Å². The van der Waals surface area contributed by atoms with Crippen LogP contribution < -0.4 is 16.4 Å². The van der Waals surface area contributed by atoms with Gasteiger partial charge in [0.1, 0.15) is 0 Å². The van der Waals surface area contributed by atoms with Gasteiger partial charge in [0.15, 0.2) is 5.75 Å². The van der Waals surface area contributed by atoms with Gasteiger partial charge in [0.2, 0.25) is 5.43 Å². The summed E-state index contributed by atoms with van der Waals surface area (Å²) in [4.78, 5) is 36.2. The third-order valence-electron chi connectivity index (χ3n) is 5.31. The second kappa shape index (κ2) is 6.89. The van der Waals surface area contributed by atoms with Gasteiger partial charge in [-0.05, 0) is 24.2 Å². The minimum absolute atomic E-state index is 0.111. The van der Waals surface area contributed by atoms with E-state index < -0.39 is 16.6 Å². The fourth-order valence-electron chi connectivity index (χ4n) is 4.04. The zero-order valence-corrected chi connectivity index (χ0v) is 15.9. The van der Waals surface area contributed by atoms with E-state index in [1.165, 1.54) is 30.4 Å². The van der Waals surface area contributed by atoms with E-state index in [2.05, 4.69) is 5.10 Å². The van der Waals surface area contributed by atoms with Crippen LogP contribution in [0.4, 0.5) is 0 Å². The van der Waals surface area contributed by atoms with Crippen LogP contribution in [-0.2, 0) is 13.0 Å². The Balaban J connectivity index is 1.90. The van der Waals surface area contributed by atoms with Crippen molar-refractivity contribution in [3.8, 4) is 16.9 Å². The Labute approximate surface area is 152 Å². The summed E-state index contributed by atoms with van der Waals surface area (Å²) in [6.45, 7) is 6.54. The van der Waals surface area contributed by atoms with E-state index in [1.54, 1.807) is 0 Å². The molecule has 0 radical (unpaired) electrons. The Hall–Kier alpha value is -2.11. The van der Waals surface area contributed by atoms with Gasteiger partial charge >= 0.3 is 0 Å². The molecule has 0 saturated heterocycles. The van der Waals surface area contributed by atoms with Crippen molar-refractivity contribution in [3.05, 3.63) is 36.5 Å². The number of nitrogens with zero attached hydrogens (tertiary/aromatic N) is 1. The van der Waals surface area contributed by atoms with Crippen LogP contribution in [0.15, 0.2) is 14.4 Å². The normalized spacial score (nSPS) is 16.0.